The molecular weight excluding hydrogens is 322 g/mol. The normalized spacial score (nSPS) is 12.4. The smallest absolute Gasteiger partial charge is 0.224 e. The van der Waals surface area contributed by atoms with Crippen LogP contribution in [0.4, 0.5) is 0 Å². The first-order chi connectivity index (χ1) is 11.7. The van der Waals surface area contributed by atoms with Gasteiger partial charge in [0.25, 0.3) is 0 Å². The molecule has 0 aliphatic carbocycles. The van der Waals surface area contributed by atoms with Gasteiger partial charge < -0.3 is 9.77 Å². The summed E-state index contributed by atoms with van der Waals surface area (Å²) in [5.74, 6) is 0. The minimum Gasteiger partial charge on any atom is -0.618 e. The molecule has 0 fully saturated rings. The number of imidazole rings is 1. The molecule has 0 saturated carbocycles. The lowest BCUT2D eigenvalue weighted by Crippen LogP contribution is -2.27. The quantitative estimate of drug-likeness (QED) is 0.420. The molecule has 2 aromatic heterocycles. The molecule has 2 heterocycles. The summed E-state index contributed by atoms with van der Waals surface area (Å²) in [6, 6.07) is 17.1. The van der Waals surface area contributed by atoms with Crippen LogP contribution in [0, 0.1) is 5.21 Å². The van der Waals surface area contributed by atoms with E-state index in [4.69, 9.17) is 11.6 Å². The minimum absolute atomic E-state index is 0.114. The van der Waals surface area contributed by atoms with Gasteiger partial charge in [0.1, 0.15) is 0 Å². The maximum Gasteiger partial charge on any atom is 0.224 e. The van der Waals surface area contributed by atoms with Gasteiger partial charge >= 0.3 is 0 Å². The highest BCUT2D eigenvalue weighted by Gasteiger charge is 2.21. The van der Waals surface area contributed by atoms with Gasteiger partial charge in [0.15, 0.2) is 6.20 Å². The maximum atomic E-state index is 12.1. The van der Waals surface area contributed by atoms with Crippen molar-refractivity contribution in [1.29, 1.82) is 0 Å². The average molecular weight is 336 g/mol. The van der Waals surface area contributed by atoms with E-state index in [9.17, 15) is 5.21 Å². The molecule has 1 unspecified atom stereocenters. The molecule has 2 aromatic carbocycles. The van der Waals surface area contributed by atoms with Gasteiger partial charge in [-0.2, -0.15) is 4.73 Å². The number of hydrogen-bond donors (Lipinski definition) is 0. The van der Waals surface area contributed by atoms with E-state index in [0.29, 0.717) is 10.5 Å². The predicted molar refractivity (Wildman–Crippen MR) is 93.8 cm³/mol. The number of aromatic nitrogens is 3. The Labute approximate surface area is 144 Å². The molecule has 24 heavy (non-hydrogen) atoms. The van der Waals surface area contributed by atoms with Crippen molar-refractivity contribution < 1.29 is 4.73 Å². The van der Waals surface area contributed by atoms with Crippen LogP contribution in [0.15, 0.2) is 79.5 Å². The van der Waals surface area contributed by atoms with Gasteiger partial charge in [0.2, 0.25) is 5.52 Å². The zero-order valence-electron chi connectivity index (χ0n) is 12.7. The van der Waals surface area contributed by atoms with Crippen LogP contribution < -0.4 is 4.73 Å². The van der Waals surface area contributed by atoms with Crippen molar-refractivity contribution in [2.45, 2.75) is 6.04 Å². The third kappa shape index (κ3) is 2.51. The monoisotopic (exact) mass is 335 g/mol. The van der Waals surface area contributed by atoms with Crippen LogP contribution in [0.2, 0.25) is 5.02 Å². The van der Waals surface area contributed by atoms with Crippen molar-refractivity contribution in [3.8, 4) is 0 Å². The van der Waals surface area contributed by atoms with Crippen LogP contribution in [-0.2, 0) is 0 Å². The summed E-state index contributed by atoms with van der Waals surface area (Å²) >= 11 is 6.20. The first-order valence-corrected chi connectivity index (χ1v) is 7.95. The van der Waals surface area contributed by atoms with Gasteiger partial charge in [-0.05, 0) is 29.3 Å². The van der Waals surface area contributed by atoms with Crippen LogP contribution in [0.1, 0.15) is 17.2 Å². The van der Waals surface area contributed by atoms with Gasteiger partial charge in [0.05, 0.1) is 17.8 Å². The fraction of sp³-hybridized carbons (Fsp3) is 0.0526. The number of pyridine rings is 1. The molecule has 0 aliphatic rings. The second-order valence-electron chi connectivity index (χ2n) is 5.58. The maximum absolute atomic E-state index is 12.1. The molecule has 0 aliphatic heterocycles. The number of para-hydroxylation sites is 1. The third-order valence-electron chi connectivity index (χ3n) is 4.12. The van der Waals surface area contributed by atoms with Gasteiger partial charge in [-0.25, -0.2) is 4.98 Å². The lowest BCUT2D eigenvalue weighted by Gasteiger charge is -2.21. The van der Waals surface area contributed by atoms with E-state index in [1.165, 1.54) is 0 Å². The Balaban J connectivity index is 2.00. The molecule has 0 N–H and O–H groups in total. The summed E-state index contributed by atoms with van der Waals surface area (Å²) in [7, 11) is 0. The molecule has 0 radical (unpaired) electrons. The fourth-order valence-corrected chi connectivity index (χ4v) is 3.28. The van der Waals surface area contributed by atoms with Crippen molar-refractivity contribution in [3.05, 3.63) is 101 Å². The van der Waals surface area contributed by atoms with Crippen LogP contribution in [0.3, 0.4) is 0 Å². The zero-order chi connectivity index (χ0) is 16.5. The highest BCUT2D eigenvalue weighted by Crippen LogP contribution is 2.32. The minimum atomic E-state index is -0.114. The molecule has 4 rings (SSSR count). The Morgan fingerprint density at radius 3 is 2.75 bits per heavy atom. The Morgan fingerprint density at radius 2 is 1.96 bits per heavy atom. The standard InChI is InChI=1S/C19H14ClN3O/c20-15-5-3-4-14(12-15)19(22-11-9-21-13-22)17-8-10-23(24)18-7-2-1-6-16(17)18/h1-13,19H. The average Bonchev–Trinajstić information content (AvgIpc) is 3.12. The number of benzene rings is 2. The van der Waals surface area contributed by atoms with Gasteiger partial charge in [-0.1, -0.05) is 35.9 Å². The first kappa shape index (κ1) is 14.7. The summed E-state index contributed by atoms with van der Waals surface area (Å²) in [6.07, 6.45) is 6.99. The van der Waals surface area contributed by atoms with Crippen LogP contribution in [0.25, 0.3) is 10.9 Å². The highest BCUT2D eigenvalue weighted by atomic mass is 35.5. The Kier molecular flexibility index (Phi) is 3.67. The van der Waals surface area contributed by atoms with E-state index in [0.717, 1.165) is 21.2 Å². The van der Waals surface area contributed by atoms with E-state index in [1.54, 1.807) is 18.7 Å². The number of nitrogens with zero attached hydrogens (tertiary/aromatic N) is 3. The van der Waals surface area contributed by atoms with E-state index in [2.05, 4.69) is 4.98 Å². The lowest BCUT2D eigenvalue weighted by atomic mass is 9.95. The topological polar surface area (TPSA) is 44.8 Å². The SMILES string of the molecule is [O-][n+]1ccc(C(c2cccc(Cl)c2)n2ccnc2)c2ccccc21. The second kappa shape index (κ2) is 5.98. The summed E-state index contributed by atoms with van der Waals surface area (Å²) < 4.78 is 2.91. The lowest BCUT2D eigenvalue weighted by molar-refractivity contribution is -0.577. The molecule has 4 nitrogen and oxygen atoms in total. The van der Waals surface area contributed by atoms with E-state index < -0.39 is 0 Å². The van der Waals surface area contributed by atoms with E-state index >= 15 is 0 Å². The van der Waals surface area contributed by atoms with E-state index in [1.807, 2.05) is 65.4 Å². The second-order valence-corrected chi connectivity index (χ2v) is 6.02. The molecule has 4 aromatic rings. The summed E-state index contributed by atoms with van der Waals surface area (Å²) in [5, 5.41) is 13.7. The van der Waals surface area contributed by atoms with Crippen molar-refractivity contribution in [2.24, 2.45) is 0 Å². The molecule has 0 bridgehead atoms. The van der Waals surface area contributed by atoms with Crippen LogP contribution >= 0.6 is 11.6 Å². The summed E-state index contributed by atoms with van der Waals surface area (Å²) in [4.78, 5) is 4.18. The number of rotatable bonds is 3. The Bertz CT molecular complexity index is 999. The molecule has 0 spiro atoms. The number of halogens is 1. The fourth-order valence-electron chi connectivity index (χ4n) is 3.08. The highest BCUT2D eigenvalue weighted by molar-refractivity contribution is 6.30. The summed E-state index contributed by atoms with van der Waals surface area (Å²) in [6.45, 7) is 0. The van der Waals surface area contributed by atoms with Crippen molar-refractivity contribution >= 4 is 22.5 Å². The molecular formula is C19H14ClN3O. The van der Waals surface area contributed by atoms with Gasteiger partial charge in [0, 0.05) is 29.5 Å². The Morgan fingerprint density at radius 1 is 1.08 bits per heavy atom. The van der Waals surface area contributed by atoms with Crippen LogP contribution in [0.5, 0.6) is 0 Å². The molecule has 1 atom stereocenters. The largest absolute Gasteiger partial charge is 0.618 e. The van der Waals surface area contributed by atoms with Crippen molar-refractivity contribution in [2.75, 3.05) is 0 Å². The van der Waals surface area contributed by atoms with Gasteiger partial charge in [-0.15, -0.1) is 0 Å². The summed E-state index contributed by atoms with van der Waals surface area (Å²) in [5.41, 5.74) is 2.70. The van der Waals surface area contributed by atoms with Crippen LogP contribution in [-0.4, -0.2) is 9.55 Å². The molecule has 0 saturated heterocycles. The van der Waals surface area contributed by atoms with Gasteiger partial charge in [-0.3, -0.25) is 0 Å². The third-order valence-corrected chi connectivity index (χ3v) is 4.36. The molecule has 5 heteroatoms. The zero-order valence-corrected chi connectivity index (χ0v) is 13.5. The predicted octanol–water partition coefficient (Wildman–Crippen LogP) is 3.96. The first-order valence-electron chi connectivity index (χ1n) is 7.58. The number of fused-ring (bicyclic) bond motifs is 1. The Hall–Kier alpha value is -2.85. The molecule has 0 amide bonds. The van der Waals surface area contributed by atoms with E-state index in [-0.39, 0.29) is 6.04 Å². The van der Waals surface area contributed by atoms with Crippen molar-refractivity contribution in [3.63, 3.8) is 0 Å². The number of hydrogen-bond acceptors (Lipinski definition) is 2. The van der Waals surface area contributed by atoms with Crippen molar-refractivity contribution in [1.82, 2.24) is 9.55 Å². The molecule has 118 valence electrons.